The zero-order chi connectivity index (χ0) is 43.7. The largest absolute Gasteiger partial charge is 0.462 e. The van der Waals surface area contributed by atoms with Crippen LogP contribution in [0.2, 0.25) is 0 Å². The van der Waals surface area contributed by atoms with E-state index in [-0.39, 0.29) is 31.1 Å². The van der Waals surface area contributed by atoms with Gasteiger partial charge in [0.2, 0.25) is 0 Å². The smallest absolute Gasteiger partial charge is 0.306 e. The predicted octanol–water partition coefficient (Wildman–Crippen LogP) is 16.9. The first-order valence-electron chi connectivity index (χ1n) is 26.0. The minimum atomic E-state index is -0.760. The lowest BCUT2D eigenvalue weighted by Crippen LogP contribution is -2.30. The Kier molecular flexibility index (Phi) is 47.3. The SMILES string of the molecule is CCCCCCC/C=C\C/C=C\C/C=C\CCCCCCCCCCCCCCCCCCC(=O)OCC(COC(=O)CCCCCCC)OC(=O)CCCCCCCC. The molecule has 0 aromatic rings. The molecule has 350 valence electrons. The average Bonchev–Trinajstić information content (AvgIpc) is 3.24. The van der Waals surface area contributed by atoms with Crippen LogP contribution in [0.1, 0.15) is 271 Å². The van der Waals surface area contributed by atoms with Gasteiger partial charge in [0, 0.05) is 19.3 Å². The summed E-state index contributed by atoms with van der Waals surface area (Å²) >= 11 is 0. The van der Waals surface area contributed by atoms with Gasteiger partial charge in [0.1, 0.15) is 13.2 Å². The summed E-state index contributed by atoms with van der Waals surface area (Å²) in [5.41, 5.74) is 0. The van der Waals surface area contributed by atoms with Crippen molar-refractivity contribution < 1.29 is 28.6 Å². The van der Waals surface area contributed by atoms with Gasteiger partial charge in [-0.2, -0.15) is 0 Å². The third-order valence-electron chi connectivity index (χ3n) is 11.4. The number of carbonyl (C=O) groups excluding carboxylic acids is 3. The number of ether oxygens (including phenoxy) is 3. The van der Waals surface area contributed by atoms with Gasteiger partial charge in [-0.15, -0.1) is 0 Å². The van der Waals surface area contributed by atoms with E-state index in [1.54, 1.807) is 0 Å². The Balaban J connectivity index is 3.80. The first kappa shape index (κ1) is 57.6. The third-order valence-corrected chi connectivity index (χ3v) is 11.4. The molecule has 0 saturated carbocycles. The second kappa shape index (κ2) is 49.3. The van der Waals surface area contributed by atoms with E-state index in [9.17, 15) is 14.4 Å². The molecule has 0 saturated heterocycles. The normalized spacial score (nSPS) is 12.2. The molecule has 60 heavy (non-hydrogen) atoms. The Morgan fingerprint density at radius 3 is 0.933 bits per heavy atom. The van der Waals surface area contributed by atoms with E-state index in [0.29, 0.717) is 19.3 Å². The molecular formula is C54H98O6. The van der Waals surface area contributed by atoms with Crippen molar-refractivity contribution in [2.45, 2.75) is 277 Å². The monoisotopic (exact) mass is 843 g/mol. The number of hydrogen-bond acceptors (Lipinski definition) is 6. The second-order valence-electron chi connectivity index (χ2n) is 17.4. The lowest BCUT2D eigenvalue weighted by Gasteiger charge is -2.18. The summed E-state index contributed by atoms with van der Waals surface area (Å²) in [6.07, 6.45) is 57.9. The Morgan fingerprint density at radius 2 is 0.600 bits per heavy atom. The predicted molar refractivity (Wildman–Crippen MR) is 256 cm³/mol. The molecule has 0 spiro atoms. The van der Waals surface area contributed by atoms with E-state index < -0.39 is 6.10 Å². The number of esters is 3. The maximum absolute atomic E-state index is 12.5. The fourth-order valence-corrected chi connectivity index (χ4v) is 7.45. The molecule has 0 bridgehead atoms. The van der Waals surface area contributed by atoms with Gasteiger partial charge in [-0.25, -0.2) is 0 Å². The fraction of sp³-hybridized carbons (Fsp3) is 0.833. The highest BCUT2D eigenvalue weighted by Crippen LogP contribution is 2.16. The van der Waals surface area contributed by atoms with E-state index in [1.165, 1.54) is 154 Å². The Bertz CT molecular complexity index is 1020. The summed E-state index contributed by atoms with van der Waals surface area (Å²) in [5.74, 6) is -0.889. The summed E-state index contributed by atoms with van der Waals surface area (Å²) in [5, 5.41) is 0. The van der Waals surface area contributed by atoms with Crippen LogP contribution in [-0.4, -0.2) is 37.2 Å². The lowest BCUT2D eigenvalue weighted by atomic mass is 10.0. The molecule has 0 aliphatic carbocycles. The van der Waals surface area contributed by atoms with Gasteiger partial charge in [-0.05, 0) is 57.8 Å². The van der Waals surface area contributed by atoms with Crippen LogP contribution in [0.15, 0.2) is 36.5 Å². The molecule has 1 atom stereocenters. The van der Waals surface area contributed by atoms with Crippen molar-refractivity contribution in [2.75, 3.05) is 13.2 Å². The van der Waals surface area contributed by atoms with Crippen LogP contribution < -0.4 is 0 Å². The van der Waals surface area contributed by atoms with Gasteiger partial charge in [-0.3, -0.25) is 14.4 Å². The maximum atomic E-state index is 12.5. The van der Waals surface area contributed by atoms with Crippen molar-refractivity contribution in [1.29, 1.82) is 0 Å². The highest BCUT2D eigenvalue weighted by atomic mass is 16.6. The van der Waals surface area contributed by atoms with Crippen LogP contribution in [0.3, 0.4) is 0 Å². The van der Waals surface area contributed by atoms with Crippen LogP contribution in [0.25, 0.3) is 0 Å². The van der Waals surface area contributed by atoms with E-state index in [4.69, 9.17) is 14.2 Å². The summed E-state index contributed by atoms with van der Waals surface area (Å²) < 4.78 is 16.5. The van der Waals surface area contributed by atoms with Crippen LogP contribution in [0.4, 0.5) is 0 Å². The highest BCUT2D eigenvalue weighted by molar-refractivity contribution is 5.71. The van der Waals surface area contributed by atoms with E-state index in [0.717, 1.165) is 77.0 Å². The van der Waals surface area contributed by atoms with E-state index in [1.807, 2.05) is 0 Å². The van der Waals surface area contributed by atoms with Gasteiger partial charge < -0.3 is 14.2 Å². The van der Waals surface area contributed by atoms with Crippen molar-refractivity contribution in [2.24, 2.45) is 0 Å². The zero-order valence-corrected chi connectivity index (χ0v) is 40.0. The number of allylic oxidation sites excluding steroid dienone is 6. The molecule has 0 heterocycles. The molecule has 0 aliphatic heterocycles. The topological polar surface area (TPSA) is 78.9 Å². The molecule has 0 N–H and O–H groups in total. The molecule has 0 aromatic heterocycles. The molecule has 0 fully saturated rings. The van der Waals surface area contributed by atoms with E-state index >= 15 is 0 Å². The van der Waals surface area contributed by atoms with Gasteiger partial charge in [0.05, 0.1) is 0 Å². The minimum Gasteiger partial charge on any atom is -0.462 e. The molecule has 0 aromatic carbocycles. The molecule has 0 rings (SSSR count). The van der Waals surface area contributed by atoms with Gasteiger partial charge >= 0.3 is 17.9 Å². The fourth-order valence-electron chi connectivity index (χ4n) is 7.45. The van der Waals surface area contributed by atoms with Crippen molar-refractivity contribution in [3.05, 3.63) is 36.5 Å². The zero-order valence-electron chi connectivity index (χ0n) is 40.0. The lowest BCUT2D eigenvalue weighted by molar-refractivity contribution is -0.167. The van der Waals surface area contributed by atoms with E-state index in [2.05, 4.69) is 57.2 Å². The average molecular weight is 843 g/mol. The van der Waals surface area contributed by atoms with Gasteiger partial charge in [0.15, 0.2) is 6.10 Å². The summed E-state index contributed by atoms with van der Waals surface area (Å²) in [6.45, 7) is 6.49. The van der Waals surface area contributed by atoms with Crippen molar-refractivity contribution in [3.8, 4) is 0 Å². The summed E-state index contributed by atoms with van der Waals surface area (Å²) in [6, 6.07) is 0. The quantitative estimate of drug-likeness (QED) is 0.0263. The molecule has 1 unspecified atom stereocenters. The number of carbonyl (C=O) groups is 3. The van der Waals surface area contributed by atoms with Crippen molar-refractivity contribution >= 4 is 17.9 Å². The van der Waals surface area contributed by atoms with Crippen LogP contribution in [0, 0.1) is 0 Å². The number of unbranched alkanes of at least 4 members (excludes halogenated alkanes) is 30. The highest BCUT2D eigenvalue weighted by Gasteiger charge is 2.19. The third kappa shape index (κ3) is 46.7. The molecule has 6 nitrogen and oxygen atoms in total. The molecule has 0 aliphatic rings. The Morgan fingerprint density at radius 1 is 0.333 bits per heavy atom. The van der Waals surface area contributed by atoms with Crippen LogP contribution in [0.5, 0.6) is 0 Å². The molecule has 0 radical (unpaired) electrons. The Labute approximate surface area is 372 Å². The first-order valence-corrected chi connectivity index (χ1v) is 26.0. The summed E-state index contributed by atoms with van der Waals surface area (Å²) in [7, 11) is 0. The van der Waals surface area contributed by atoms with Crippen molar-refractivity contribution in [3.63, 3.8) is 0 Å². The van der Waals surface area contributed by atoms with Crippen LogP contribution >= 0.6 is 0 Å². The van der Waals surface area contributed by atoms with Gasteiger partial charge in [-0.1, -0.05) is 231 Å². The van der Waals surface area contributed by atoms with Gasteiger partial charge in [0.25, 0.3) is 0 Å². The second-order valence-corrected chi connectivity index (χ2v) is 17.4. The van der Waals surface area contributed by atoms with Crippen molar-refractivity contribution in [1.82, 2.24) is 0 Å². The summed E-state index contributed by atoms with van der Waals surface area (Å²) in [4.78, 5) is 37.3. The number of rotatable bonds is 47. The number of hydrogen-bond donors (Lipinski definition) is 0. The maximum Gasteiger partial charge on any atom is 0.306 e. The van der Waals surface area contributed by atoms with Crippen LogP contribution in [-0.2, 0) is 28.6 Å². The Hall–Kier alpha value is -2.37. The molecule has 6 heteroatoms. The minimum absolute atomic E-state index is 0.0698. The molecular weight excluding hydrogens is 745 g/mol. The first-order chi connectivity index (χ1) is 29.5. The standard InChI is InChI=1S/C54H98O6/c1-4-7-10-13-15-16-17-18-19-20-21-22-23-24-25-26-27-28-29-30-31-32-33-34-35-36-37-38-39-42-44-47-53(56)59-50-51(49-58-52(55)46-43-40-12-9-6-3)60-54(57)48-45-41-14-11-8-5-2/h17-18,20-21,23-24,51H,4-16,19,22,25-50H2,1-3H3/b18-17-,21-20-,24-23-. The molecule has 0 amide bonds.